The van der Waals surface area contributed by atoms with E-state index in [-0.39, 0.29) is 44.1 Å². The fraction of sp³-hybridized carbons (Fsp3) is 0.630. The molecule has 2 aromatic rings. The molecule has 35 heavy (non-hydrogen) atoms. The fourth-order valence-corrected chi connectivity index (χ4v) is 6.17. The molecule has 1 heterocycles. The zero-order valence-electron chi connectivity index (χ0n) is 21.4. The fourth-order valence-electron chi connectivity index (χ4n) is 5.17. The van der Waals surface area contributed by atoms with Crippen LogP contribution in [-0.4, -0.2) is 24.9 Å². The maximum absolute atomic E-state index is 12.9. The second-order valence-corrected chi connectivity index (χ2v) is 11.9. The normalized spacial score (nSPS) is 23.8. The van der Waals surface area contributed by atoms with Crippen molar-refractivity contribution in [2.75, 3.05) is 12.4 Å². The molecule has 0 saturated heterocycles. The molecular formula is C27H37F2MoN2O2S-. The molecule has 5 atom stereocenters. The van der Waals surface area contributed by atoms with Gasteiger partial charge < -0.3 is 14.8 Å². The minimum Gasteiger partial charge on any atom is -0.542 e. The van der Waals surface area contributed by atoms with Crippen molar-refractivity contribution < 1.29 is 39.4 Å². The number of anilines is 1. The summed E-state index contributed by atoms with van der Waals surface area (Å²) in [5, 5.41) is 3.70. The molecule has 0 spiro atoms. The molecule has 194 valence electrons. The maximum Gasteiger partial charge on any atom is 0.387 e. The zero-order valence-corrected chi connectivity index (χ0v) is 24.3. The number of nitrogens with zero attached hydrogens (tertiary/aromatic N) is 1. The van der Waals surface area contributed by atoms with Crippen molar-refractivity contribution in [3.8, 4) is 16.3 Å². The van der Waals surface area contributed by atoms with Crippen LogP contribution in [0, 0.1) is 29.1 Å². The van der Waals surface area contributed by atoms with Crippen LogP contribution in [0.1, 0.15) is 71.1 Å². The van der Waals surface area contributed by atoms with Crippen LogP contribution in [0.2, 0.25) is 0 Å². The third-order valence-corrected chi connectivity index (χ3v) is 8.65. The second kappa shape index (κ2) is 12.8. The van der Waals surface area contributed by atoms with Gasteiger partial charge >= 0.3 is 6.61 Å². The maximum atomic E-state index is 12.9. The summed E-state index contributed by atoms with van der Waals surface area (Å²) in [5.74, 6) is 1.83. The molecule has 1 saturated carbocycles. The van der Waals surface area contributed by atoms with Crippen molar-refractivity contribution in [1.29, 1.82) is 0 Å². The third-order valence-electron chi connectivity index (χ3n) is 7.39. The first-order valence-corrected chi connectivity index (χ1v) is 12.9. The van der Waals surface area contributed by atoms with Crippen molar-refractivity contribution in [2.24, 2.45) is 29.1 Å². The van der Waals surface area contributed by atoms with E-state index in [1.54, 1.807) is 25.2 Å². The van der Waals surface area contributed by atoms with Gasteiger partial charge in [0.25, 0.3) is 0 Å². The first-order valence-electron chi connectivity index (χ1n) is 12.1. The van der Waals surface area contributed by atoms with E-state index < -0.39 is 6.61 Å². The predicted molar refractivity (Wildman–Crippen MR) is 135 cm³/mol. The van der Waals surface area contributed by atoms with Crippen LogP contribution in [0.4, 0.5) is 14.5 Å². The van der Waals surface area contributed by atoms with E-state index >= 15 is 0 Å². The Morgan fingerprint density at radius 2 is 1.97 bits per heavy atom. The number of aromatic nitrogens is 1. The van der Waals surface area contributed by atoms with Crippen LogP contribution in [-0.2, 0) is 25.9 Å². The zero-order chi connectivity index (χ0) is 25.0. The van der Waals surface area contributed by atoms with Gasteiger partial charge in [0, 0.05) is 44.9 Å². The molecular weight excluding hydrogens is 550 g/mol. The number of rotatable bonds is 8. The first kappa shape index (κ1) is 29.9. The molecule has 1 N–H and O–H groups in total. The molecule has 1 aromatic heterocycles. The van der Waals surface area contributed by atoms with Crippen molar-refractivity contribution in [3.63, 3.8) is 0 Å². The summed E-state index contributed by atoms with van der Waals surface area (Å²) in [5.41, 5.74) is 1.54. The summed E-state index contributed by atoms with van der Waals surface area (Å²) in [4.78, 5) is 17.4. The minimum atomic E-state index is -2.89. The molecule has 8 heteroatoms. The van der Waals surface area contributed by atoms with Crippen LogP contribution >= 0.6 is 11.3 Å². The smallest absolute Gasteiger partial charge is 0.387 e. The van der Waals surface area contributed by atoms with Gasteiger partial charge in [0.05, 0.1) is 5.56 Å². The number of carbonyl (C=O) groups excluding carboxylic acids is 1. The average molecular weight is 588 g/mol. The molecule has 0 aliphatic heterocycles. The summed E-state index contributed by atoms with van der Waals surface area (Å²) in [6.07, 6.45) is 8.07. The van der Waals surface area contributed by atoms with Crippen LogP contribution in [0.25, 0.3) is 10.6 Å². The van der Waals surface area contributed by atoms with Gasteiger partial charge in [-0.25, -0.2) is 4.98 Å². The van der Waals surface area contributed by atoms with Crippen molar-refractivity contribution in [2.45, 2.75) is 72.8 Å². The summed E-state index contributed by atoms with van der Waals surface area (Å²) < 4.78 is 30.6. The van der Waals surface area contributed by atoms with Gasteiger partial charge in [-0.05, 0) is 60.1 Å². The van der Waals surface area contributed by atoms with Crippen LogP contribution in [0.3, 0.4) is 0 Å². The molecule has 1 aliphatic rings. The first-order chi connectivity index (χ1) is 16.0. The van der Waals surface area contributed by atoms with Gasteiger partial charge in [0.15, 0.2) is 0 Å². The SMILES string of the molecule is CNc1ccc(OC(F)F)c(-c2ncc(C(C)CC3C[C@H]([C-]=O)C[C@@H](C(C)(C)C)CC3C)s2)c1.[Mo]. The van der Waals surface area contributed by atoms with E-state index in [1.165, 1.54) is 11.3 Å². The van der Waals surface area contributed by atoms with Crippen molar-refractivity contribution in [1.82, 2.24) is 4.98 Å². The van der Waals surface area contributed by atoms with E-state index in [2.05, 4.69) is 51.2 Å². The number of benzene rings is 1. The molecule has 1 fully saturated rings. The Morgan fingerprint density at radius 1 is 1.26 bits per heavy atom. The quantitative estimate of drug-likeness (QED) is 0.195. The second-order valence-electron chi connectivity index (χ2n) is 10.9. The van der Waals surface area contributed by atoms with Crippen LogP contribution in [0.5, 0.6) is 5.75 Å². The number of ether oxygens (including phenoxy) is 1. The summed E-state index contributed by atoms with van der Waals surface area (Å²) in [7, 11) is 1.78. The Bertz CT molecular complexity index is 963. The predicted octanol–water partition coefficient (Wildman–Crippen LogP) is 7.77. The molecule has 0 bridgehead atoms. The van der Waals surface area contributed by atoms with Crippen molar-refractivity contribution in [3.05, 3.63) is 29.3 Å². The largest absolute Gasteiger partial charge is 0.542 e. The molecule has 1 aromatic carbocycles. The Kier molecular flexibility index (Phi) is 10.9. The van der Waals surface area contributed by atoms with Gasteiger partial charge in [-0.2, -0.15) is 8.78 Å². The Hall–Kier alpha value is -1.33. The number of alkyl halides is 2. The third kappa shape index (κ3) is 7.82. The Labute approximate surface area is 226 Å². The molecule has 0 radical (unpaired) electrons. The van der Waals surface area contributed by atoms with E-state index in [0.29, 0.717) is 28.3 Å². The molecule has 3 rings (SSSR count). The van der Waals surface area contributed by atoms with Gasteiger partial charge in [-0.15, -0.1) is 17.3 Å². The van der Waals surface area contributed by atoms with E-state index in [0.717, 1.165) is 36.2 Å². The summed E-state index contributed by atoms with van der Waals surface area (Å²) in [6, 6.07) is 5.04. The van der Waals surface area contributed by atoms with E-state index in [1.807, 2.05) is 6.20 Å². The summed E-state index contributed by atoms with van der Waals surface area (Å²) in [6.45, 7) is 8.42. The topological polar surface area (TPSA) is 51.2 Å². The summed E-state index contributed by atoms with van der Waals surface area (Å²) >= 11 is 1.52. The number of halogens is 2. The molecule has 1 aliphatic carbocycles. The van der Waals surface area contributed by atoms with Gasteiger partial charge in [0.1, 0.15) is 10.8 Å². The number of hydrogen-bond acceptors (Lipinski definition) is 5. The van der Waals surface area contributed by atoms with Crippen molar-refractivity contribution >= 4 is 23.3 Å². The number of nitrogens with one attached hydrogen (secondary N) is 1. The minimum absolute atomic E-state index is 0. The van der Waals surface area contributed by atoms with E-state index in [4.69, 9.17) is 4.74 Å². The number of thiazole rings is 1. The standard InChI is InChI=1S/C27H37F2N2O2S.Mo/c1-16-10-20(27(3,4)5)12-18(15-32)11-19(16)9-17(2)24-14-31-25(34-24)22-13-21(30-6)7-8-23(22)33-26(28)29;/h7-8,13-14,16-20,26,30H,9-12H2,1-6H3;/q-1;/t16?,17?,18-,19?,20-;/m0./s1. The molecule has 4 nitrogen and oxygen atoms in total. The van der Waals surface area contributed by atoms with Gasteiger partial charge in [0.2, 0.25) is 0 Å². The van der Waals surface area contributed by atoms with E-state index in [9.17, 15) is 13.6 Å². The average Bonchev–Trinajstić information content (AvgIpc) is 3.20. The van der Waals surface area contributed by atoms with Crippen LogP contribution in [0.15, 0.2) is 24.4 Å². The molecule has 0 amide bonds. The van der Waals surface area contributed by atoms with Gasteiger partial charge in [-0.1, -0.05) is 47.5 Å². The number of hydrogen-bond donors (Lipinski definition) is 1. The monoisotopic (exact) mass is 589 g/mol. The Balaban J connectivity index is 0.00000432. The van der Waals surface area contributed by atoms with Crippen LogP contribution < -0.4 is 10.1 Å². The van der Waals surface area contributed by atoms with Gasteiger partial charge in [-0.3, -0.25) is 6.29 Å². The Morgan fingerprint density at radius 3 is 2.57 bits per heavy atom. The molecule has 3 unspecified atom stereocenters.